The summed E-state index contributed by atoms with van der Waals surface area (Å²) in [5.74, 6) is 0.846. The van der Waals surface area contributed by atoms with Crippen molar-refractivity contribution in [2.45, 2.75) is 44.9 Å². The van der Waals surface area contributed by atoms with Gasteiger partial charge >= 0.3 is 0 Å². The van der Waals surface area contributed by atoms with E-state index in [9.17, 15) is 14.0 Å². The Hall–Kier alpha value is -2.60. The topological polar surface area (TPSA) is 43.9 Å². The van der Waals surface area contributed by atoms with Crippen molar-refractivity contribution >= 4 is 29.1 Å². The zero-order valence-electron chi connectivity index (χ0n) is 21.8. The van der Waals surface area contributed by atoms with Crippen LogP contribution in [0.5, 0.6) is 0 Å². The lowest BCUT2D eigenvalue weighted by molar-refractivity contribution is -0.138. The largest absolute Gasteiger partial charge is 0.371 e. The first-order chi connectivity index (χ1) is 17.1. The quantitative estimate of drug-likeness (QED) is 0.521. The fourth-order valence-electron chi connectivity index (χ4n) is 5.80. The minimum Gasteiger partial charge on any atom is -0.371 e. The summed E-state index contributed by atoms with van der Waals surface area (Å²) in [4.78, 5) is 31.4. The van der Waals surface area contributed by atoms with E-state index >= 15 is 0 Å². The second-order valence-corrected chi connectivity index (χ2v) is 11.3. The average molecular weight is 514 g/mol. The molecule has 4 rings (SSSR count). The van der Waals surface area contributed by atoms with Gasteiger partial charge in [-0.25, -0.2) is 4.39 Å². The summed E-state index contributed by atoms with van der Waals surface area (Å²) in [6.45, 7) is 7.04. The van der Waals surface area contributed by atoms with Crippen molar-refractivity contribution in [1.82, 2.24) is 9.80 Å². The summed E-state index contributed by atoms with van der Waals surface area (Å²) >= 11 is 6.43. The number of likely N-dealkylation sites (tertiary alicyclic amines) is 1. The number of carbonyl (C=O) groups is 2. The van der Waals surface area contributed by atoms with Crippen molar-refractivity contribution < 1.29 is 14.0 Å². The highest BCUT2D eigenvalue weighted by atomic mass is 35.5. The lowest BCUT2D eigenvalue weighted by Crippen LogP contribution is -2.48. The van der Waals surface area contributed by atoms with E-state index < -0.39 is 5.41 Å². The molecule has 0 bridgehead atoms. The number of rotatable bonds is 5. The van der Waals surface area contributed by atoms with Crippen LogP contribution < -0.4 is 4.90 Å². The number of halogens is 2. The fourth-order valence-corrected chi connectivity index (χ4v) is 6.05. The molecule has 0 radical (unpaired) electrons. The molecule has 2 amide bonds. The van der Waals surface area contributed by atoms with Gasteiger partial charge in [-0.2, -0.15) is 0 Å². The first-order valence-electron chi connectivity index (χ1n) is 12.9. The van der Waals surface area contributed by atoms with Crippen LogP contribution in [0.4, 0.5) is 10.1 Å². The smallest absolute Gasteiger partial charge is 0.254 e. The van der Waals surface area contributed by atoms with Crippen molar-refractivity contribution in [2.75, 3.05) is 45.2 Å². The van der Waals surface area contributed by atoms with Gasteiger partial charge in [0.05, 0.1) is 16.0 Å². The van der Waals surface area contributed by atoms with Gasteiger partial charge < -0.3 is 14.7 Å². The highest BCUT2D eigenvalue weighted by molar-refractivity contribution is 6.34. The number of carbonyl (C=O) groups excluding carboxylic acids is 2. The maximum atomic E-state index is 14.4. The minimum absolute atomic E-state index is 0.00828. The molecule has 2 aromatic rings. The van der Waals surface area contributed by atoms with Gasteiger partial charge in [-0.15, -0.1) is 0 Å². The number of hydrogen-bond donors (Lipinski definition) is 0. The first kappa shape index (κ1) is 26.5. The van der Waals surface area contributed by atoms with Gasteiger partial charge in [-0.05, 0) is 75.6 Å². The van der Waals surface area contributed by atoms with Crippen LogP contribution in [0.15, 0.2) is 42.5 Å². The molecule has 0 aromatic heterocycles. The Kier molecular flexibility index (Phi) is 7.93. The normalized spacial score (nSPS) is 17.8. The third-order valence-corrected chi connectivity index (χ3v) is 8.38. The van der Waals surface area contributed by atoms with Crippen LogP contribution in [-0.2, 0) is 10.2 Å². The number of nitrogens with zero attached hydrogens (tertiary/aromatic N) is 3. The van der Waals surface area contributed by atoms with E-state index in [0.29, 0.717) is 28.0 Å². The van der Waals surface area contributed by atoms with Crippen molar-refractivity contribution in [3.63, 3.8) is 0 Å². The molecule has 5 nitrogen and oxygen atoms in total. The van der Waals surface area contributed by atoms with Crippen molar-refractivity contribution in [1.29, 1.82) is 0 Å². The predicted octanol–water partition coefficient (Wildman–Crippen LogP) is 5.61. The van der Waals surface area contributed by atoms with E-state index in [1.165, 1.54) is 11.0 Å². The minimum atomic E-state index is -0.877. The Labute approximate surface area is 219 Å². The molecule has 194 valence electrons. The highest BCUT2D eigenvalue weighted by Crippen LogP contribution is 2.36. The molecule has 36 heavy (non-hydrogen) atoms. The molecular formula is C29H37ClFN3O2. The lowest BCUT2D eigenvalue weighted by Gasteiger charge is -2.42. The van der Waals surface area contributed by atoms with E-state index in [1.54, 1.807) is 32.3 Å². The summed E-state index contributed by atoms with van der Waals surface area (Å²) < 4.78 is 14.4. The maximum Gasteiger partial charge on any atom is 0.254 e. The SMILES string of the molecule is CN(C)C(=O)c1ccc(N2CCC(C3CCN(C(=O)C(C)(C)c4ccccc4F)CC3)CC2)cc1Cl. The highest BCUT2D eigenvalue weighted by Gasteiger charge is 2.38. The molecule has 7 heteroatoms. The molecule has 2 aromatic carbocycles. The molecule has 0 aliphatic carbocycles. The zero-order chi connectivity index (χ0) is 26.0. The monoisotopic (exact) mass is 513 g/mol. The molecule has 2 aliphatic heterocycles. The predicted molar refractivity (Wildman–Crippen MR) is 143 cm³/mol. The number of anilines is 1. The molecule has 2 saturated heterocycles. The van der Waals surface area contributed by atoms with E-state index in [2.05, 4.69) is 4.90 Å². The molecule has 0 unspecified atom stereocenters. The van der Waals surface area contributed by atoms with Crippen LogP contribution in [0.1, 0.15) is 55.5 Å². The summed E-state index contributed by atoms with van der Waals surface area (Å²) in [5.41, 5.74) is 1.17. The van der Waals surface area contributed by atoms with Gasteiger partial charge in [0.1, 0.15) is 5.82 Å². The van der Waals surface area contributed by atoms with E-state index in [0.717, 1.165) is 57.5 Å². The average Bonchev–Trinajstić information content (AvgIpc) is 2.88. The van der Waals surface area contributed by atoms with Crippen LogP contribution in [0, 0.1) is 17.7 Å². The summed E-state index contributed by atoms with van der Waals surface area (Å²) in [6, 6.07) is 12.3. The summed E-state index contributed by atoms with van der Waals surface area (Å²) in [6.07, 6.45) is 4.21. The van der Waals surface area contributed by atoms with E-state index in [4.69, 9.17) is 11.6 Å². The molecule has 0 atom stereocenters. The summed E-state index contributed by atoms with van der Waals surface area (Å²) in [7, 11) is 3.45. The number of amides is 2. The van der Waals surface area contributed by atoms with Gasteiger partial charge in [0.2, 0.25) is 5.91 Å². The van der Waals surface area contributed by atoms with Crippen LogP contribution in [0.2, 0.25) is 5.02 Å². The first-order valence-corrected chi connectivity index (χ1v) is 13.3. The number of piperidine rings is 2. The standard InChI is InChI=1S/C29H37ClFN3O2/c1-29(2,24-7-5-6-8-26(24)31)28(36)34-17-13-21(14-18-34)20-11-15-33(16-12-20)22-9-10-23(25(30)19-22)27(35)32(3)4/h5-10,19-21H,11-18H2,1-4H3. The molecule has 0 N–H and O–H groups in total. The zero-order valence-corrected chi connectivity index (χ0v) is 22.5. The van der Waals surface area contributed by atoms with Gasteiger partial charge in [-0.1, -0.05) is 29.8 Å². The third-order valence-electron chi connectivity index (χ3n) is 8.07. The fraction of sp³-hybridized carbons (Fsp3) is 0.517. The Balaban J connectivity index is 1.30. The second-order valence-electron chi connectivity index (χ2n) is 10.9. The van der Waals surface area contributed by atoms with E-state index in [1.807, 2.05) is 36.9 Å². The van der Waals surface area contributed by atoms with Crippen molar-refractivity contribution in [3.8, 4) is 0 Å². The van der Waals surface area contributed by atoms with Gasteiger partial charge in [0.15, 0.2) is 0 Å². The molecule has 2 heterocycles. The van der Waals surface area contributed by atoms with Gasteiger partial charge in [0, 0.05) is 51.5 Å². The summed E-state index contributed by atoms with van der Waals surface area (Å²) in [5, 5.41) is 0.490. The number of benzene rings is 2. The maximum absolute atomic E-state index is 14.4. The Morgan fingerprint density at radius 3 is 2.08 bits per heavy atom. The van der Waals surface area contributed by atoms with Crippen LogP contribution in [-0.4, -0.2) is 61.9 Å². The second kappa shape index (κ2) is 10.8. The molecular weight excluding hydrogens is 477 g/mol. The molecule has 0 saturated carbocycles. The lowest BCUT2D eigenvalue weighted by atomic mass is 9.77. The number of hydrogen-bond acceptors (Lipinski definition) is 3. The Morgan fingerprint density at radius 2 is 1.53 bits per heavy atom. The third kappa shape index (κ3) is 5.39. The van der Waals surface area contributed by atoms with Gasteiger partial charge in [-0.3, -0.25) is 9.59 Å². The van der Waals surface area contributed by atoms with Crippen molar-refractivity contribution in [3.05, 3.63) is 64.4 Å². The Bertz CT molecular complexity index is 1100. The van der Waals surface area contributed by atoms with Crippen LogP contribution >= 0.6 is 11.6 Å². The van der Waals surface area contributed by atoms with E-state index in [-0.39, 0.29) is 17.6 Å². The van der Waals surface area contributed by atoms with Crippen molar-refractivity contribution in [2.24, 2.45) is 11.8 Å². The van der Waals surface area contributed by atoms with Gasteiger partial charge in [0.25, 0.3) is 5.91 Å². The molecule has 2 fully saturated rings. The molecule has 2 aliphatic rings. The van der Waals surface area contributed by atoms with Crippen LogP contribution in [0.3, 0.4) is 0 Å². The van der Waals surface area contributed by atoms with Crippen LogP contribution in [0.25, 0.3) is 0 Å². The Morgan fingerprint density at radius 1 is 0.944 bits per heavy atom. The molecule has 0 spiro atoms.